The molecule has 0 heterocycles. The molecule has 0 aliphatic rings. The van der Waals surface area contributed by atoms with E-state index < -0.39 is 65.5 Å². The molecule has 0 aliphatic heterocycles. The molecule has 34 heavy (non-hydrogen) atoms. The van der Waals surface area contributed by atoms with Gasteiger partial charge in [-0.3, -0.25) is 4.79 Å². The highest BCUT2D eigenvalue weighted by atomic mass is 19.2. The fourth-order valence-corrected chi connectivity index (χ4v) is 2.80. The van der Waals surface area contributed by atoms with E-state index in [0.29, 0.717) is 5.56 Å². The van der Waals surface area contributed by atoms with Crippen molar-refractivity contribution in [3.05, 3.63) is 80.4 Å². The molecule has 0 radical (unpaired) electrons. The van der Waals surface area contributed by atoms with Crippen molar-refractivity contribution < 1.29 is 46.5 Å². The number of carbonyl (C=O) groups excluding carboxylic acids is 3. The number of carbonyl (C=O) groups is 3. The summed E-state index contributed by atoms with van der Waals surface area (Å²) in [6, 6.07) is 5.39. The zero-order valence-electron chi connectivity index (χ0n) is 17.6. The van der Waals surface area contributed by atoms with Crippen LogP contribution in [0.2, 0.25) is 0 Å². The summed E-state index contributed by atoms with van der Waals surface area (Å²) < 4.78 is 64.7. The van der Waals surface area contributed by atoms with Gasteiger partial charge in [0, 0.05) is 4.91 Å². The van der Waals surface area contributed by atoms with Gasteiger partial charge in [0.15, 0.2) is 29.1 Å². The Morgan fingerprint density at radius 3 is 1.79 bits per heavy atom. The Labute approximate surface area is 188 Å². The summed E-state index contributed by atoms with van der Waals surface area (Å²) in [5.41, 5.74) is 5.37. The highest BCUT2D eigenvalue weighted by Crippen LogP contribution is 2.30. The summed E-state index contributed by atoms with van der Waals surface area (Å²) in [6.45, 7) is 1.29. The largest absolute Gasteiger partial charge is 0.512 e. The third-order valence-electron chi connectivity index (χ3n) is 4.26. The number of allylic oxidation sites excluding steroid dienone is 2. The Morgan fingerprint density at radius 1 is 0.882 bits per heavy atom. The van der Waals surface area contributed by atoms with Gasteiger partial charge in [-0.1, -0.05) is 17.2 Å². The van der Waals surface area contributed by atoms with Crippen molar-refractivity contribution in [2.24, 2.45) is 5.11 Å². The molecule has 0 aliphatic carbocycles. The Kier molecular flexibility index (Phi) is 8.35. The van der Waals surface area contributed by atoms with E-state index in [1.165, 1.54) is 38.1 Å². The molecule has 0 fully saturated rings. The molecule has 0 unspecified atom stereocenters. The monoisotopic (exact) mass is 481 g/mol. The molecule has 178 valence electrons. The molecular formula is C21H15F4N3O6. The van der Waals surface area contributed by atoms with Crippen LogP contribution < -0.4 is 0 Å². The van der Waals surface area contributed by atoms with E-state index in [-0.39, 0.29) is 16.9 Å². The van der Waals surface area contributed by atoms with Crippen LogP contribution in [0.3, 0.4) is 0 Å². The zero-order valence-corrected chi connectivity index (χ0v) is 17.6. The first-order chi connectivity index (χ1) is 16.0. The highest BCUT2D eigenvalue weighted by Gasteiger charge is 2.30. The van der Waals surface area contributed by atoms with Crippen molar-refractivity contribution in [2.75, 3.05) is 13.2 Å². The third-order valence-corrected chi connectivity index (χ3v) is 4.26. The van der Waals surface area contributed by atoms with Gasteiger partial charge >= 0.3 is 11.9 Å². The minimum Gasteiger partial charge on any atom is -0.512 e. The lowest BCUT2D eigenvalue weighted by Crippen LogP contribution is -2.17. The van der Waals surface area contributed by atoms with Gasteiger partial charge in [0.05, 0.1) is 11.1 Å². The van der Waals surface area contributed by atoms with Gasteiger partial charge in [0.2, 0.25) is 0 Å². The molecule has 0 bridgehead atoms. The Hall–Kier alpha value is -4.38. The van der Waals surface area contributed by atoms with Crippen molar-refractivity contribution in [2.45, 2.75) is 13.8 Å². The van der Waals surface area contributed by atoms with Crippen molar-refractivity contribution in [3.63, 3.8) is 0 Å². The number of hydrogen-bond acceptors (Lipinski definition) is 7. The molecular weight excluding hydrogens is 466 g/mol. The first kappa shape index (κ1) is 25.9. The number of aliphatic hydroxyl groups excluding tert-OH is 1. The third kappa shape index (κ3) is 5.51. The number of esters is 2. The maximum absolute atomic E-state index is 13.9. The van der Waals surface area contributed by atoms with Crippen molar-refractivity contribution in [3.8, 4) is 0 Å². The van der Waals surface area contributed by atoms with E-state index in [9.17, 15) is 37.1 Å². The Bertz CT molecular complexity index is 1210. The summed E-state index contributed by atoms with van der Waals surface area (Å²) in [6.07, 6.45) is 0. The summed E-state index contributed by atoms with van der Waals surface area (Å²) >= 11 is 0. The molecule has 0 saturated heterocycles. The van der Waals surface area contributed by atoms with Gasteiger partial charge in [0.1, 0.15) is 30.2 Å². The van der Waals surface area contributed by atoms with Crippen LogP contribution in [0.4, 0.5) is 23.2 Å². The molecule has 0 spiro atoms. The van der Waals surface area contributed by atoms with Crippen LogP contribution >= 0.6 is 0 Å². The standard InChI is InChI=1S/C21H15F4N3O6/c1-9(29)13(10(2)30)11-3-5-12(6-4-11)20(31)33-7-8-34-21(32)14-15(22)17(24)19(27-28-26)18(25)16(14)23/h3-6,29H,7-8H2,1-2H3. The number of Topliss-reactive ketones (excluding diaryl/α,β-unsaturated/α-hetero) is 1. The number of azide groups is 1. The number of ketones is 1. The van der Waals surface area contributed by atoms with Gasteiger partial charge in [-0.15, -0.1) is 0 Å². The van der Waals surface area contributed by atoms with E-state index in [1.807, 2.05) is 4.91 Å². The van der Waals surface area contributed by atoms with Crippen LogP contribution in [0.1, 0.15) is 40.1 Å². The smallest absolute Gasteiger partial charge is 0.344 e. The Balaban J connectivity index is 2.02. The normalized spacial score (nSPS) is 11.2. The number of hydrogen-bond donors (Lipinski definition) is 1. The lowest BCUT2D eigenvalue weighted by atomic mass is 10.00. The molecule has 0 aromatic heterocycles. The molecule has 2 rings (SSSR count). The fraction of sp³-hybridized carbons (Fsp3) is 0.190. The van der Waals surface area contributed by atoms with Gasteiger partial charge in [0.25, 0.3) is 0 Å². The van der Waals surface area contributed by atoms with Gasteiger partial charge < -0.3 is 14.6 Å². The van der Waals surface area contributed by atoms with Crippen molar-refractivity contribution >= 4 is 29.0 Å². The highest BCUT2D eigenvalue weighted by molar-refractivity contribution is 6.20. The maximum Gasteiger partial charge on any atom is 0.344 e. The van der Waals surface area contributed by atoms with Crippen LogP contribution in [-0.2, 0) is 14.3 Å². The maximum atomic E-state index is 13.9. The van der Waals surface area contributed by atoms with E-state index in [0.717, 1.165) is 0 Å². The molecule has 0 amide bonds. The molecule has 9 nitrogen and oxygen atoms in total. The van der Waals surface area contributed by atoms with Gasteiger partial charge in [-0.2, -0.15) is 0 Å². The Morgan fingerprint density at radius 2 is 1.35 bits per heavy atom. The first-order valence-electron chi connectivity index (χ1n) is 9.27. The number of benzene rings is 2. The van der Waals surface area contributed by atoms with Crippen LogP contribution in [0.5, 0.6) is 0 Å². The number of aliphatic hydroxyl groups is 1. The second-order valence-electron chi connectivity index (χ2n) is 6.53. The summed E-state index contributed by atoms with van der Waals surface area (Å²) in [7, 11) is 0. The van der Waals surface area contributed by atoms with Crippen molar-refractivity contribution in [1.29, 1.82) is 0 Å². The quantitative estimate of drug-likeness (QED) is 0.0642. The average molecular weight is 481 g/mol. The fourth-order valence-electron chi connectivity index (χ4n) is 2.80. The van der Waals surface area contributed by atoms with E-state index in [4.69, 9.17) is 10.3 Å². The minimum atomic E-state index is -2.12. The van der Waals surface area contributed by atoms with Crippen molar-refractivity contribution in [1.82, 2.24) is 0 Å². The SMILES string of the molecule is CC(=O)C(=C(C)O)c1ccc(C(=O)OCCOC(=O)c2c(F)c(F)c(N=[N+]=[N-])c(F)c2F)cc1. The molecule has 2 aromatic rings. The summed E-state index contributed by atoms with van der Waals surface area (Å²) in [5, 5.41) is 12.1. The van der Waals surface area contributed by atoms with E-state index >= 15 is 0 Å². The minimum absolute atomic E-state index is 0.0310. The van der Waals surface area contributed by atoms with Crippen LogP contribution in [0.15, 0.2) is 35.1 Å². The van der Waals surface area contributed by atoms with E-state index in [2.05, 4.69) is 9.85 Å². The molecule has 1 N–H and O–H groups in total. The zero-order chi connectivity index (χ0) is 25.6. The summed E-state index contributed by atoms with van der Waals surface area (Å²) in [5.74, 6) is -11.7. The second kappa shape index (κ2) is 11.0. The molecule has 2 aromatic carbocycles. The van der Waals surface area contributed by atoms with Gasteiger partial charge in [-0.25, -0.2) is 27.2 Å². The predicted octanol–water partition coefficient (Wildman–Crippen LogP) is 5.08. The lowest BCUT2D eigenvalue weighted by Gasteiger charge is -2.10. The molecule has 13 heteroatoms. The van der Waals surface area contributed by atoms with Crippen LogP contribution in [-0.4, -0.2) is 36.0 Å². The number of nitrogens with zero attached hydrogens (tertiary/aromatic N) is 3. The lowest BCUT2D eigenvalue weighted by molar-refractivity contribution is -0.111. The molecule has 0 atom stereocenters. The van der Waals surface area contributed by atoms with Crippen LogP contribution in [0.25, 0.3) is 16.0 Å². The number of rotatable bonds is 8. The summed E-state index contributed by atoms with van der Waals surface area (Å²) in [4.78, 5) is 37.5. The van der Waals surface area contributed by atoms with Crippen LogP contribution in [0, 0.1) is 23.3 Å². The van der Waals surface area contributed by atoms with Gasteiger partial charge in [-0.05, 0) is 37.1 Å². The first-order valence-corrected chi connectivity index (χ1v) is 9.27. The second-order valence-corrected chi connectivity index (χ2v) is 6.53. The predicted molar refractivity (Wildman–Crippen MR) is 108 cm³/mol. The average Bonchev–Trinajstić information content (AvgIpc) is 2.78. The molecule has 0 saturated carbocycles. The van der Waals surface area contributed by atoms with E-state index in [1.54, 1.807) is 0 Å². The topological polar surface area (TPSA) is 139 Å². The number of ether oxygens (including phenoxy) is 2. The number of halogens is 4.